The van der Waals surface area contributed by atoms with E-state index in [0.717, 1.165) is 14.5 Å². The van der Waals surface area contributed by atoms with Crippen LogP contribution in [0.3, 0.4) is 0 Å². The van der Waals surface area contributed by atoms with Gasteiger partial charge < -0.3 is 19.7 Å². The molecule has 2 atom stereocenters. The Bertz CT molecular complexity index is 1040. The SMILES string of the molecule is [2H]c1c([2H])c([2H])c2c(C(O)c3cc(Br)c(C)c(Br)c3)c(C(C)O)oc2c1O. The van der Waals surface area contributed by atoms with Gasteiger partial charge in [0.05, 0.1) is 4.11 Å². The van der Waals surface area contributed by atoms with Crippen molar-refractivity contribution in [2.45, 2.75) is 26.1 Å². The lowest BCUT2D eigenvalue weighted by atomic mass is 9.96. The first-order valence-electron chi connectivity index (χ1n) is 8.62. The maximum Gasteiger partial charge on any atom is 0.176 e. The van der Waals surface area contributed by atoms with Crippen molar-refractivity contribution in [1.82, 2.24) is 0 Å². The molecule has 3 N–H and O–H groups in total. The highest BCUT2D eigenvalue weighted by molar-refractivity contribution is 9.11. The molecule has 0 aliphatic heterocycles. The van der Waals surface area contributed by atoms with Gasteiger partial charge in [0.25, 0.3) is 0 Å². The largest absolute Gasteiger partial charge is 0.504 e. The quantitative estimate of drug-likeness (QED) is 0.510. The molecule has 0 saturated heterocycles. The summed E-state index contributed by atoms with van der Waals surface area (Å²) in [7, 11) is 0. The first-order valence-corrected chi connectivity index (χ1v) is 8.71. The zero-order valence-corrected chi connectivity index (χ0v) is 16.0. The standard InChI is InChI=1S/C18H16Br2O4/c1-8-12(19)6-10(7-13(8)20)16(23)15-11-4-3-5-14(22)18(11)24-17(15)9(2)21/h3-7,9,16,21-23H,1-2H3/i3D,4D,5D. The molecule has 0 saturated carbocycles. The number of para-hydroxylation sites is 1. The molecular weight excluding hydrogens is 440 g/mol. The van der Waals surface area contributed by atoms with Gasteiger partial charge in [-0.2, -0.15) is 0 Å². The Morgan fingerprint density at radius 2 is 1.79 bits per heavy atom. The van der Waals surface area contributed by atoms with Crippen LogP contribution in [-0.2, 0) is 0 Å². The Balaban J connectivity index is 2.38. The lowest BCUT2D eigenvalue weighted by Crippen LogP contribution is -2.04. The Kier molecular flexibility index (Phi) is 3.77. The molecule has 2 aromatic carbocycles. The summed E-state index contributed by atoms with van der Waals surface area (Å²) >= 11 is 6.85. The molecule has 0 radical (unpaired) electrons. The third-order valence-electron chi connectivity index (χ3n) is 3.83. The Hall–Kier alpha value is -1.34. The summed E-state index contributed by atoms with van der Waals surface area (Å²) in [6.07, 6.45) is -2.43. The minimum Gasteiger partial charge on any atom is -0.504 e. The summed E-state index contributed by atoms with van der Waals surface area (Å²) in [5.74, 6) is -0.628. The predicted molar refractivity (Wildman–Crippen MR) is 99.2 cm³/mol. The minimum absolute atomic E-state index is 0.00437. The second kappa shape index (κ2) is 6.52. The molecule has 4 nitrogen and oxygen atoms in total. The van der Waals surface area contributed by atoms with E-state index in [1.54, 1.807) is 12.1 Å². The van der Waals surface area contributed by atoms with Crippen molar-refractivity contribution in [3.05, 3.63) is 61.7 Å². The summed E-state index contributed by atoms with van der Waals surface area (Å²) in [5, 5.41) is 31.4. The first-order chi connectivity index (χ1) is 12.6. The predicted octanol–water partition coefficient (Wildman–Crippen LogP) is 5.11. The zero-order chi connectivity index (χ0) is 20.2. The van der Waals surface area contributed by atoms with Gasteiger partial charge in [0.1, 0.15) is 18.0 Å². The number of furan rings is 1. The van der Waals surface area contributed by atoms with Crippen LogP contribution in [0, 0.1) is 6.92 Å². The van der Waals surface area contributed by atoms with Crippen LogP contribution in [0.4, 0.5) is 0 Å². The monoisotopic (exact) mass is 457 g/mol. The minimum atomic E-state index is -1.29. The van der Waals surface area contributed by atoms with E-state index in [2.05, 4.69) is 31.9 Å². The summed E-state index contributed by atoms with van der Waals surface area (Å²) < 4.78 is 30.9. The summed E-state index contributed by atoms with van der Waals surface area (Å²) in [5.41, 5.74) is 1.29. The van der Waals surface area contributed by atoms with Crippen molar-refractivity contribution in [3.63, 3.8) is 0 Å². The van der Waals surface area contributed by atoms with Crippen LogP contribution in [0.15, 0.2) is 43.6 Å². The second-order valence-electron chi connectivity index (χ2n) is 5.50. The van der Waals surface area contributed by atoms with Gasteiger partial charge in [0, 0.05) is 19.9 Å². The summed E-state index contributed by atoms with van der Waals surface area (Å²) in [6.45, 7) is 3.32. The van der Waals surface area contributed by atoms with E-state index >= 15 is 0 Å². The molecule has 3 rings (SSSR count). The van der Waals surface area contributed by atoms with Crippen molar-refractivity contribution in [2.75, 3.05) is 0 Å². The third-order valence-corrected chi connectivity index (χ3v) is 5.48. The molecule has 1 aromatic heterocycles. The summed E-state index contributed by atoms with van der Waals surface area (Å²) in [6, 6.07) is 2.03. The van der Waals surface area contributed by atoms with Crippen LogP contribution in [-0.4, -0.2) is 15.3 Å². The van der Waals surface area contributed by atoms with Gasteiger partial charge in [-0.3, -0.25) is 0 Å². The van der Waals surface area contributed by atoms with Crippen LogP contribution in [0.2, 0.25) is 0 Å². The van der Waals surface area contributed by atoms with Crippen molar-refractivity contribution < 1.29 is 23.8 Å². The van der Waals surface area contributed by atoms with E-state index in [0.29, 0.717) is 5.56 Å². The van der Waals surface area contributed by atoms with Crippen molar-refractivity contribution in [1.29, 1.82) is 0 Å². The van der Waals surface area contributed by atoms with Crippen LogP contribution in [0.1, 0.15) is 45.7 Å². The number of halogens is 2. The molecule has 126 valence electrons. The average molecular weight is 459 g/mol. The molecule has 2 unspecified atom stereocenters. The molecule has 6 heteroatoms. The van der Waals surface area contributed by atoms with E-state index in [9.17, 15) is 15.3 Å². The first kappa shape index (κ1) is 13.9. The van der Waals surface area contributed by atoms with Gasteiger partial charge >= 0.3 is 0 Å². The molecule has 0 bridgehead atoms. The molecule has 24 heavy (non-hydrogen) atoms. The van der Waals surface area contributed by atoms with Gasteiger partial charge in [-0.05, 0) is 43.1 Å². The normalized spacial score (nSPS) is 15.8. The molecule has 0 spiro atoms. The van der Waals surface area contributed by atoms with Gasteiger partial charge in [0.2, 0.25) is 0 Å². The number of rotatable bonds is 3. The maximum atomic E-state index is 11.0. The second-order valence-corrected chi connectivity index (χ2v) is 7.20. The topological polar surface area (TPSA) is 73.8 Å². The maximum absolute atomic E-state index is 11.0. The van der Waals surface area contributed by atoms with Crippen LogP contribution in [0.25, 0.3) is 11.0 Å². The van der Waals surface area contributed by atoms with Crippen LogP contribution in [0.5, 0.6) is 5.75 Å². The molecule has 0 amide bonds. The van der Waals surface area contributed by atoms with Crippen molar-refractivity contribution in [2.24, 2.45) is 0 Å². The van der Waals surface area contributed by atoms with Crippen LogP contribution < -0.4 is 0 Å². The van der Waals surface area contributed by atoms with E-state index < -0.39 is 30.0 Å². The fourth-order valence-electron chi connectivity index (χ4n) is 2.53. The van der Waals surface area contributed by atoms with Crippen LogP contribution >= 0.6 is 31.9 Å². The fourth-order valence-corrected chi connectivity index (χ4v) is 3.76. The Morgan fingerprint density at radius 1 is 1.17 bits per heavy atom. The summed E-state index contributed by atoms with van der Waals surface area (Å²) in [4.78, 5) is 0. The Labute approximate surface area is 160 Å². The number of hydrogen-bond donors (Lipinski definition) is 3. The van der Waals surface area contributed by atoms with Gasteiger partial charge in [-0.25, -0.2) is 0 Å². The highest BCUT2D eigenvalue weighted by Gasteiger charge is 2.26. The average Bonchev–Trinajstić information content (AvgIpc) is 3.02. The smallest absolute Gasteiger partial charge is 0.176 e. The third kappa shape index (κ3) is 2.88. The lowest BCUT2D eigenvalue weighted by Gasteiger charge is -2.15. The molecular formula is C18H16Br2O4. The van der Waals surface area contributed by atoms with Gasteiger partial charge in [-0.15, -0.1) is 0 Å². The molecule has 1 heterocycles. The highest BCUT2D eigenvalue weighted by Crippen LogP contribution is 2.41. The number of fused-ring (bicyclic) bond motifs is 1. The van der Waals surface area contributed by atoms with Gasteiger partial charge in [-0.1, -0.05) is 43.9 Å². The number of aromatic hydroxyl groups is 1. The van der Waals surface area contributed by atoms with E-state index in [-0.39, 0.29) is 28.3 Å². The number of benzene rings is 2. The molecule has 0 aliphatic carbocycles. The molecule has 0 fully saturated rings. The molecule has 0 aliphatic rings. The Morgan fingerprint density at radius 3 is 2.38 bits per heavy atom. The number of aliphatic hydroxyl groups excluding tert-OH is 2. The van der Waals surface area contributed by atoms with E-state index in [1.165, 1.54) is 6.92 Å². The number of phenols is 1. The van der Waals surface area contributed by atoms with Crippen molar-refractivity contribution >= 4 is 42.8 Å². The van der Waals surface area contributed by atoms with E-state index in [1.807, 2.05) is 6.92 Å². The zero-order valence-electron chi connectivity index (χ0n) is 15.8. The van der Waals surface area contributed by atoms with E-state index in [4.69, 9.17) is 8.53 Å². The number of aliphatic hydroxyl groups is 2. The van der Waals surface area contributed by atoms with Gasteiger partial charge in [0.15, 0.2) is 11.3 Å². The fraction of sp³-hybridized carbons (Fsp3) is 0.222. The van der Waals surface area contributed by atoms with Crippen molar-refractivity contribution in [3.8, 4) is 5.75 Å². The number of hydrogen-bond acceptors (Lipinski definition) is 4. The lowest BCUT2D eigenvalue weighted by molar-refractivity contribution is 0.159. The highest BCUT2D eigenvalue weighted by atomic mass is 79.9. The molecule has 3 aromatic rings. The number of phenolic OH excluding ortho intramolecular Hbond substituents is 1.